The number of benzene rings is 1. The van der Waals surface area contributed by atoms with Gasteiger partial charge in [-0.15, -0.1) is 11.3 Å². The molecule has 19 heavy (non-hydrogen) atoms. The third kappa shape index (κ3) is 2.56. The number of fused-ring (bicyclic) bond motifs is 1. The van der Waals surface area contributed by atoms with Gasteiger partial charge in [0.25, 0.3) is 5.91 Å². The average molecular weight is 271 g/mol. The Hall–Kier alpha value is -1.61. The third-order valence-electron chi connectivity index (χ3n) is 3.56. The molecule has 1 amide bonds. The highest BCUT2D eigenvalue weighted by atomic mass is 32.1. The lowest BCUT2D eigenvalue weighted by Gasteiger charge is -2.05. The molecule has 0 saturated heterocycles. The SMILES string of the molecule is CCc1cccc(NC(=O)c2cc3c(s2)CCC3)c1. The first-order chi connectivity index (χ1) is 9.26. The zero-order valence-electron chi connectivity index (χ0n) is 11.0. The van der Waals surface area contributed by atoms with Crippen molar-refractivity contribution in [2.45, 2.75) is 32.6 Å². The van der Waals surface area contributed by atoms with Crippen LogP contribution < -0.4 is 5.32 Å². The molecule has 0 unspecified atom stereocenters. The first-order valence-corrected chi connectivity index (χ1v) is 7.60. The molecule has 0 saturated carbocycles. The molecule has 1 aliphatic carbocycles. The third-order valence-corrected chi connectivity index (χ3v) is 4.80. The van der Waals surface area contributed by atoms with Crippen LogP contribution in [-0.2, 0) is 19.3 Å². The van der Waals surface area contributed by atoms with Gasteiger partial charge in [0, 0.05) is 10.6 Å². The smallest absolute Gasteiger partial charge is 0.265 e. The highest BCUT2D eigenvalue weighted by molar-refractivity contribution is 7.14. The van der Waals surface area contributed by atoms with Crippen LogP contribution in [0, 0.1) is 0 Å². The van der Waals surface area contributed by atoms with Crippen LogP contribution in [0.3, 0.4) is 0 Å². The fourth-order valence-corrected chi connectivity index (χ4v) is 3.65. The second-order valence-corrected chi connectivity index (χ2v) is 6.06. The number of amides is 1. The summed E-state index contributed by atoms with van der Waals surface area (Å²) in [6.45, 7) is 2.12. The van der Waals surface area contributed by atoms with Gasteiger partial charge < -0.3 is 5.32 Å². The van der Waals surface area contributed by atoms with Crippen LogP contribution in [-0.4, -0.2) is 5.91 Å². The Labute approximate surface area is 117 Å². The topological polar surface area (TPSA) is 29.1 Å². The van der Waals surface area contributed by atoms with Crippen molar-refractivity contribution in [1.82, 2.24) is 0 Å². The normalized spacial score (nSPS) is 13.3. The second kappa shape index (κ2) is 5.17. The second-order valence-electron chi connectivity index (χ2n) is 4.92. The molecule has 1 aromatic heterocycles. The van der Waals surface area contributed by atoms with Crippen molar-refractivity contribution < 1.29 is 4.79 Å². The zero-order valence-corrected chi connectivity index (χ0v) is 11.8. The molecule has 0 aliphatic heterocycles. The summed E-state index contributed by atoms with van der Waals surface area (Å²) in [5.41, 5.74) is 3.50. The molecule has 0 fully saturated rings. The van der Waals surface area contributed by atoms with Crippen LogP contribution in [0.2, 0.25) is 0 Å². The Kier molecular flexibility index (Phi) is 3.38. The lowest BCUT2D eigenvalue weighted by atomic mass is 10.1. The maximum absolute atomic E-state index is 12.2. The van der Waals surface area contributed by atoms with Gasteiger partial charge in [0.15, 0.2) is 0 Å². The van der Waals surface area contributed by atoms with Crippen LogP contribution >= 0.6 is 11.3 Å². The molecule has 3 heteroatoms. The van der Waals surface area contributed by atoms with Crippen LogP contribution in [0.5, 0.6) is 0 Å². The van der Waals surface area contributed by atoms with E-state index < -0.39 is 0 Å². The Morgan fingerprint density at radius 1 is 1.32 bits per heavy atom. The van der Waals surface area contributed by atoms with Crippen molar-refractivity contribution in [1.29, 1.82) is 0 Å². The fourth-order valence-electron chi connectivity index (χ4n) is 2.50. The lowest BCUT2D eigenvalue weighted by molar-refractivity contribution is 0.103. The highest BCUT2D eigenvalue weighted by Crippen LogP contribution is 2.31. The molecule has 0 radical (unpaired) electrons. The van der Waals surface area contributed by atoms with Gasteiger partial charge in [0.2, 0.25) is 0 Å². The standard InChI is InChI=1S/C16H17NOS/c1-2-11-5-3-7-13(9-11)17-16(18)15-10-12-6-4-8-14(12)19-15/h3,5,7,9-10H,2,4,6,8H2,1H3,(H,17,18). The number of aryl methyl sites for hydroxylation is 3. The highest BCUT2D eigenvalue weighted by Gasteiger charge is 2.18. The summed E-state index contributed by atoms with van der Waals surface area (Å²) in [7, 11) is 0. The van der Waals surface area contributed by atoms with Gasteiger partial charge in [-0.2, -0.15) is 0 Å². The fraction of sp³-hybridized carbons (Fsp3) is 0.312. The number of hydrogen-bond donors (Lipinski definition) is 1. The molecule has 98 valence electrons. The number of thiophene rings is 1. The molecule has 2 nitrogen and oxygen atoms in total. The predicted molar refractivity (Wildman–Crippen MR) is 80.1 cm³/mol. The van der Waals surface area contributed by atoms with Gasteiger partial charge >= 0.3 is 0 Å². The van der Waals surface area contributed by atoms with E-state index in [-0.39, 0.29) is 5.91 Å². The minimum Gasteiger partial charge on any atom is -0.321 e. The number of nitrogens with one attached hydrogen (secondary N) is 1. The summed E-state index contributed by atoms with van der Waals surface area (Å²) in [6, 6.07) is 10.1. The molecular formula is C16H17NOS. The number of anilines is 1. The van der Waals surface area contributed by atoms with Gasteiger partial charge in [0.05, 0.1) is 4.88 Å². The molecule has 0 bridgehead atoms. The van der Waals surface area contributed by atoms with Crippen molar-refractivity contribution >= 4 is 22.9 Å². The Bertz CT molecular complexity index is 593. The summed E-state index contributed by atoms with van der Waals surface area (Å²) >= 11 is 1.65. The number of carbonyl (C=O) groups is 1. The Morgan fingerprint density at radius 2 is 2.21 bits per heavy atom. The van der Waals surface area contributed by atoms with Crippen molar-refractivity contribution in [3.8, 4) is 0 Å². The van der Waals surface area contributed by atoms with Crippen LogP contribution in [0.25, 0.3) is 0 Å². The molecule has 2 aromatic rings. The Morgan fingerprint density at radius 3 is 3.00 bits per heavy atom. The van der Waals surface area contributed by atoms with Gasteiger partial charge in [-0.1, -0.05) is 19.1 Å². The van der Waals surface area contributed by atoms with E-state index in [4.69, 9.17) is 0 Å². The Balaban J connectivity index is 1.76. The van der Waals surface area contributed by atoms with E-state index in [1.54, 1.807) is 11.3 Å². The molecular weight excluding hydrogens is 254 g/mol. The molecule has 0 spiro atoms. The largest absolute Gasteiger partial charge is 0.321 e. The molecule has 1 aliphatic rings. The van der Waals surface area contributed by atoms with Crippen molar-refractivity contribution in [2.75, 3.05) is 5.32 Å². The van der Waals surface area contributed by atoms with Crippen LogP contribution in [0.4, 0.5) is 5.69 Å². The van der Waals surface area contributed by atoms with E-state index in [2.05, 4.69) is 24.4 Å². The lowest BCUT2D eigenvalue weighted by Crippen LogP contribution is -2.10. The van der Waals surface area contributed by atoms with E-state index in [0.29, 0.717) is 0 Å². The van der Waals surface area contributed by atoms with Crippen molar-refractivity contribution in [2.24, 2.45) is 0 Å². The van der Waals surface area contributed by atoms with E-state index in [0.717, 1.165) is 29.8 Å². The van der Waals surface area contributed by atoms with E-state index in [1.807, 2.05) is 18.2 Å². The number of rotatable bonds is 3. The number of carbonyl (C=O) groups excluding carboxylic acids is 1. The van der Waals surface area contributed by atoms with Crippen molar-refractivity contribution in [3.63, 3.8) is 0 Å². The first kappa shape index (κ1) is 12.4. The van der Waals surface area contributed by atoms with Crippen LogP contribution in [0.1, 0.15) is 39.0 Å². The monoisotopic (exact) mass is 271 g/mol. The molecule has 1 heterocycles. The quantitative estimate of drug-likeness (QED) is 0.896. The summed E-state index contributed by atoms with van der Waals surface area (Å²) < 4.78 is 0. The summed E-state index contributed by atoms with van der Waals surface area (Å²) in [5.74, 6) is 0.0210. The van der Waals surface area contributed by atoms with Gasteiger partial charge in [-0.05, 0) is 55.0 Å². The molecule has 3 rings (SSSR count). The van der Waals surface area contributed by atoms with E-state index in [9.17, 15) is 4.79 Å². The molecule has 0 atom stereocenters. The molecule has 1 N–H and O–H groups in total. The van der Waals surface area contributed by atoms with E-state index >= 15 is 0 Å². The van der Waals surface area contributed by atoms with Gasteiger partial charge in [-0.25, -0.2) is 0 Å². The van der Waals surface area contributed by atoms with Crippen LogP contribution in [0.15, 0.2) is 30.3 Å². The summed E-state index contributed by atoms with van der Waals surface area (Å²) in [5, 5.41) is 2.99. The zero-order chi connectivity index (χ0) is 13.2. The maximum Gasteiger partial charge on any atom is 0.265 e. The molecule has 1 aromatic carbocycles. The average Bonchev–Trinajstić information content (AvgIpc) is 2.99. The van der Waals surface area contributed by atoms with Gasteiger partial charge in [-0.3, -0.25) is 4.79 Å². The minimum absolute atomic E-state index is 0.0210. The predicted octanol–water partition coefficient (Wildman–Crippen LogP) is 4.05. The summed E-state index contributed by atoms with van der Waals surface area (Å²) in [6.07, 6.45) is 4.49. The minimum atomic E-state index is 0.0210. The first-order valence-electron chi connectivity index (χ1n) is 6.78. The maximum atomic E-state index is 12.2. The number of hydrogen-bond acceptors (Lipinski definition) is 2. The van der Waals surface area contributed by atoms with E-state index in [1.165, 1.54) is 22.4 Å². The van der Waals surface area contributed by atoms with Crippen molar-refractivity contribution in [3.05, 3.63) is 51.2 Å². The van der Waals surface area contributed by atoms with Gasteiger partial charge in [0.1, 0.15) is 0 Å². The summed E-state index contributed by atoms with van der Waals surface area (Å²) in [4.78, 5) is 14.5.